The van der Waals surface area contributed by atoms with E-state index >= 15 is 0 Å². The largest absolute Gasteiger partial charge is 0.369 e. The fourth-order valence-electron chi connectivity index (χ4n) is 2.50. The van der Waals surface area contributed by atoms with Crippen LogP contribution in [-0.2, 0) is 16.0 Å². The maximum atomic E-state index is 11.7. The molecule has 1 aliphatic heterocycles. The Labute approximate surface area is 112 Å². The highest BCUT2D eigenvalue weighted by atomic mass is 16.2. The maximum absolute atomic E-state index is 11.7. The van der Waals surface area contributed by atoms with Crippen molar-refractivity contribution < 1.29 is 9.59 Å². The van der Waals surface area contributed by atoms with Crippen molar-refractivity contribution in [2.45, 2.75) is 25.7 Å². The second kappa shape index (κ2) is 6.31. The van der Waals surface area contributed by atoms with E-state index in [1.165, 1.54) is 5.56 Å². The molecule has 1 aliphatic rings. The summed E-state index contributed by atoms with van der Waals surface area (Å²) >= 11 is 0. The van der Waals surface area contributed by atoms with Crippen molar-refractivity contribution in [1.82, 2.24) is 9.88 Å². The van der Waals surface area contributed by atoms with Gasteiger partial charge in [-0.25, -0.2) is 0 Å². The second-order valence-electron chi connectivity index (χ2n) is 5.03. The van der Waals surface area contributed by atoms with E-state index in [-0.39, 0.29) is 12.3 Å². The first-order chi connectivity index (χ1) is 9.15. The Hall–Kier alpha value is -1.91. The minimum Gasteiger partial charge on any atom is -0.369 e. The number of hydrogen-bond donors (Lipinski definition) is 1. The van der Waals surface area contributed by atoms with Gasteiger partial charge in [0.05, 0.1) is 0 Å². The molecule has 2 heterocycles. The number of primary amides is 1. The summed E-state index contributed by atoms with van der Waals surface area (Å²) in [5, 5.41) is 0. The van der Waals surface area contributed by atoms with E-state index in [1.54, 1.807) is 11.1 Å². The summed E-state index contributed by atoms with van der Waals surface area (Å²) in [4.78, 5) is 28.3. The fourth-order valence-corrected chi connectivity index (χ4v) is 2.50. The van der Waals surface area contributed by atoms with Gasteiger partial charge in [-0.1, -0.05) is 6.07 Å². The van der Waals surface area contributed by atoms with Crippen LogP contribution in [0.15, 0.2) is 24.5 Å². The van der Waals surface area contributed by atoms with Crippen LogP contribution in [-0.4, -0.2) is 34.8 Å². The highest BCUT2D eigenvalue weighted by Crippen LogP contribution is 2.21. The molecule has 0 saturated carbocycles. The highest BCUT2D eigenvalue weighted by Gasteiger charge is 2.23. The second-order valence-corrected chi connectivity index (χ2v) is 5.03. The summed E-state index contributed by atoms with van der Waals surface area (Å²) in [5.41, 5.74) is 6.28. The van der Waals surface area contributed by atoms with Crippen LogP contribution in [0.3, 0.4) is 0 Å². The van der Waals surface area contributed by atoms with Gasteiger partial charge in [-0.3, -0.25) is 14.6 Å². The summed E-state index contributed by atoms with van der Waals surface area (Å²) in [6.07, 6.45) is 6.44. The zero-order chi connectivity index (χ0) is 13.7. The molecule has 0 spiro atoms. The van der Waals surface area contributed by atoms with Crippen LogP contribution in [0.1, 0.15) is 24.8 Å². The molecule has 5 nitrogen and oxygen atoms in total. The van der Waals surface area contributed by atoms with E-state index in [0.717, 1.165) is 32.4 Å². The summed E-state index contributed by atoms with van der Waals surface area (Å²) in [5.74, 6) is -0.114. The van der Waals surface area contributed by atoms with Crippen molar-refractivity contribution in [3.8, 4) is 0 Å². The van der Waals surface area contributed by atoms with Crippen molar-refractivity contribution in [2.75, 3.05) is 13.1 Å². The van der Waals surface area contributed by atoms with Crippen molar-refractivity contribution >= 4 is 11.8 Å². The fraction of sp³-hybridized carbons (Fsp3) is 0.500. The third-order valence-electron chi connectivity index (χ3n) is 3.54. The van der Waals surface area contributed by atoms with E-state index in [9.17, 15) is 9.59 Å². The summed E-state index contributed by atoms with van der Waals surface area (Å²) in [6.45, 7) is 1.44. The van der Waals surface area contributed by atoms with E-state index in [1.807, 2.05) is 12.3 Å². The molecule has 19 heavy (non-hydrogen) atoms. The average molecular weight is 261 g/mol. The molecule has 1 aromatic rings. The molecule has 102 valence electrons. The standard InChI is InChI=1S/C14H19N3O2/c15-13(18)9-14(19)17-6-3-11(4-7-17)8-12-2-1-5-16-10-12/h1-2,5,10-11H,3-4,6-9H2,(H2,15,18). The number of nitrogens with two attached hydrogens (primary N) is 1. The predicted molar refractivity (Wildman–Crippen MR) is 71.1 cm³/mol. The first-order valence-electron chi connectivity index (χ1n) is 6.60. The molecule has 0 bridgehead atoms. The number of likely N-dealkylation sites (tertiary alicyclic amines) is 1. The number of aromatic nitrogens is 1. The highest BCUT2D eigenvalue weighted by molar-refractivity contribution is 5.96. The Morgan fingerprint density at radius 3 is 2.68 bits per heavy atom. The molecule has 2 rings (SSSR count). The smallest absolute Gasteiger partial charge is 0.231 e. The molecule has 0 unspecified atom stereocenters. The van der Waals surface area contributed by atoms with Crippen molar-refractivity contribution in [3.05, 3.63) is 30.1 Å². The number of amides is 2. The molecular weight excluding hydrogens is 242 g/mol. The Kier molecular flexibility index (Phi) is 4.49. The molecule has 0 radical (unpaired) electrons. The molecule has 0 aromatic carbocycles. The number of piperidine rings is 1. The molecular formula is C14H19N3O2. The van der Waals surface area contributed by atoms with Crippen LogP contribution >= 0.6 is 0 Å². The summed E-state index contributed by atoms with van der Waals surface area (Å²) in [6, 6.07) is 4.03. The van der Waals surface area contributed by atoms with Gasteiger partial charge in [0.25, 0.3) is 0 Å². The lowest BCUT2D eigenvalue weighted by atomic mass is 9.90. The van der Waals surface area contributed by atoms with Gasteiger partial charge in [-0.2, -0.15) is 0 Å². The van der Waals surface area contributed by atoms with E-state index in [4.69, 9.17) is 5.73 Å². The number of hydrogen-bond acceptors (Lipinski definition) is 3. The van der Waals surface area contributed by atoms with E-state index in [2.05, 4.69) is 11.1 Å². The zero-order valence-corrected chi connectivity index (χ0v) is 10.9. The van der Waals surface area contributed by atoms with Gasteiger partial charge in [0.2, 0.25) is 11.8 Å². The first kappa shape index (κ1) is 13.5. The van der Waals surface area contributed by atoms with Gasteiger partial charge in [0.1, 0.15) is 6.42 Å². The van der Waals surface area contributed by atoms with Gasteiger partial charge in [0.15, 0.2) is 0 Å². The molecule has 1 fully saturated rings. The molecule has 2 N–H and O–H groups in total. The lowest BCUT2D eigenvalue weighted by Crippen LogP contribution is -2.40. The van der Waals surface area contributed by atoms with Gasteiger partial charge >= 0.3 is 0 Å². The lowest BCUT2D eigenvalue weighted by molar-refractivity contribution is -0.136. The molecule has 1 saturated heterocycles. The number of nitrogens with zero attached hydrogens (tertiary/aromatic N) is 2. The molecule has 5 heteroatoms. The third kappa shape index (κ3) is 4.05. The molecule has 2 amide bonds. The van der Waals surface area contributed by atoms with Crippen molar-refractivity contribution in [1.29, 1.82) is 0 Å². The lowest BCUT2D eigenvalue weighted by Gasteiger charge is -2.31. The Balaban J connectivity index is 1.79. The normalized spacial score (nSPS) is 16.3. The van der Waals surface area contributed by atoms with E-state index < -0.39 is 5.91 Å². The third-order valence-corrected chi connectivity index (χ3v) is 3.54. The minimum atomic E-state index is -0.553. The topological polar surface area (TPSA) is 76.3 Å². The van der Waals surface area contributed by atoms with Crippen LogP contribution in [0.4, 0.5) is 0 Å². The van der Waals surface area contributed by atoms with Crippen molar-refractivity contribution in [2.24, 2.45) is 11.7 Å². The van der Waals surface area contributed by atoms with Gasteiger partial charge in [0, 0.05) is 25.5 Å². The Morgan fingerprint density at radius 2 is 2.11 bits per heavy atom. The SMILES string of the molecule is NC(=O)CC(=O)N1CCC(Cc2cccnc2)CC1. The van der Waals surface area contributed by atoms with Gasteiger partial charge in [-0.15, -0.1) is 0 Å². The van der Waals surface area contributed by atoms with Crippen LogP contribution in [0, 0.1) is 5.92 Å². The monoisotopic (exact) mass is 261 g/mol. The van der Waals surface area contributed by atoms with Crippen LogP contribution < -0.4 is 5.73 Å². The number of rotatable bonds is 4. The molecule has 0 atom stereocenters. The van der Waals surface area contributed by atoms with Gasteiger partial charge in [-0.05, 0) is 36.8 Å². The summed E-state index contributed by atoms with van der Waals surface area (Å²) < 4.78 is 0. The van der Waals surface area contributed by atoms with E-state index in [0.29, 0.717) is 5.92 Å². The first-order valence-corrected chi connectivity index (χ1v) is 6.60. The number of carbonyl (C=O) groups is 2. The van der Waals surface area contributed by atoms with Crippen LogP contribution in [0.2, 0.25) is 0 Å². The minimum absolute atomic E-state index is 0.146. The van der Waals surface area contributed by atoms with Crippen LogP contribution in [0.5, 0.6) is 0 Å². The number of carbonyl (C=O) groups excluding carboxylic acids is 2. The maximum Gasteiger partial charge on any atom is 0.231 e. The summed E-state index contributed by atoms with van der Waals surface area (Å²) in [7, 11) is 0. The van der Waals surface area contributed by atoms with Gasteiger partial charge < -0.3 is 10.6 Å². The molecule has 1 aromatic heterocycles. The predicted octanol–water partition coefficient (Wildman–Crippen LogP) is 0.738. The average Bonchev–Trinajstić information content (AvgIpc) is 2.40. The Morgan fingerprint density at radius 1 is 1.37 bits per heavy atom. The number of pyridine rings is 1. The quantitative estimate of drug-likeness (QED) is 0.812. The zero-order valence-electron chi connectivity index (χ0n) is 10.9. The molecule has 0 aliphatic carbocycles. The Bertz CT molecular complexity index is 439. The van der Waals surface area contributed by atoms with Crippen LogP contribution in [0.25, 0.3) is 0 Å². The van der Waals surface area contributed by atoms with Crippen molar-refractivity contribution in [3.63, 3.8) is 0 Å².